The molecule has 6 nitrogen and oxygen atoms in total. The van der Waals surface area contributed by atoms with Gasteiger partial charge < -0.3 is 15.3 Å². The van der Waals surface area contributed by atoms with Crippen molar-refractivity contribution in [1.29, 1.82) is 0 Å². The molecule has 96 valence electrons. The van der Waals surface area contributed by atoms with E-state index in [0.29, 0.717) is 11.5 Å². The SMILES string of the molecule is Cc1nc(NC2CCN(C)C2=O)ccc1C(=O)O. The second kappa shape index (κ2) is 4.64. The van der Waals surface area contributed by atoms with Crippen LogP contribution in [0.15, 0.2) is 12.1 Å². The molecule has 0 aromatic carbocycles. The topological polar surface area (TPSA) is 82.5 Å². The molecule has 2 heterocycles. The van der Waals surface area contributed by atoms with Crippen LogP contribution < -0.4 is 5.32 Å². The van der Waals surface area contributed by atoms with Crippen LogP contribution in [0.2, 0.25) is 0 Å². The van der Waals surface area contributed by atoms with Gasteiger partial charge in [-0.1, -0.05) is 0 Å². The molecule has 0 bridgehead atoms. The van der Waals surface area contributed by atoms with E-state index in [1.807, 2.05) is 0 Å². The highest BCUT2D eigenvalue weighted by Crippen LogP contribution is 2.16. The number of hydrogen-bond acceptors (Lipinski definition) is 4. The molecule has 1 fully saturated rings. The summed E-state index contributed by atoms with van der Waals surface area (Å²) in [7, 11) is 1.76. The van der Waals surface area contributed by atoms with Crippen molar-refractivity contribution in [3.63, 3.8) is 0 Å². The standard InChI is InChI=1S/C12H15N3O3/c1-7-8(12(17)18)3-4-10(13-7)14-9-5-6-15(2)11(9)16/h3-4,9H,5-6H2,1-2H3,(H,13,14)(H,17,18). The van der Waals surface area contributed by atoms with Gasteiger partial charge in [-0.25, -0.2) is 9.78 Å². The van der Waals surface area contributed by atoms with Gasteiger partial charge in [-0.2, -0.15) is 0 Å². The van der Waals surface area contributed by atoms with Crippen molar-refractivity contribution in [2.45, 2.75) is 19.4 Å². The Kier molecular flexibility index (Phi) is 3.18. The van der Waals surface area contributed by atoms with Crippen molar-refractivity contribution in [1.82, 2.24) is 9.88 Å². The van der Waals surface area contributed by atoms with Gasteiger partial charge >= 0.3 is 5.97 Å². The van der Waals surface area contributed by atoms with E-state index in [-0.39, 0.29) is 17.5 Å². The van der Waals surface area contributed by atoms with Gasteiger partial charge in [0.25, 0.3) is 0 Å². The van der Waals surface area contributed by atoms with Crippen LogP contribution in [0.5, 0.6) is 0 Å². The Bertz CT molecular complexity index is 501. The number of aryl methyl sites for hydroxylation is 1. The number of amides is 1. The van der Waals surface area contributed by atoms with Crippen LogP contribution in [0.1, 0.15) is 22.5 Å². The number of rotatable bonds is 3. The number of aromatic carboxylic acids is 1. The third kappa shape index (κ3) is 2.27. The molecule has 1 aliphatic heterocycles. The minimum absolute atomic E-state index is 0.0387. The summed E-state index contributed by atoms with van der Waals surface area (Å²) in [5.74, 6) is -0.425. The van der Waals surface area contributed by atoms with Crippen LogP contribution in [0.4, 0.5) is 5.82 Å². The van der Waals surface area contributed by atoms with Crippen molar-refractivity contribution in [2.75, 3.05) is 18.9 Å². The molecule has 2 N–H and O–H groups in total. The third-order valence-corrected chi connectivity index (χ3v) is 3.07. The maximum Gasteiger partial charge on any atom is 0.337 e. The number of pyridine rings is 1. The number of hydrogen-bond donors (Lipinski definition) is 2. The van der Waals surface area contributed by atoms with E-state index in [1.54, 1.807) is 24.9 Å². The lowest BCUT2D eigenvalue weighted by molar-refractivity contribution is -0.127. The first kappa shape index (κ1) is 12.3. The number of nitrogens with one attached hydrogen (secondary N) is 1. The number of carboxylic acids is 1. The summed E-state index contributed by atoms with van der Waals surface area (Å²) in [5, 5.41) is 11.9. The zero-order valence-electron chi connectivity index (χ0n) is 10.3. The predicted molar refractivity (Wildman–Crippen MR) is 65.6 cm³/mol. The first-order valence-corrected chi connectivity index (χ1v) is 5.71. The number of carbonyl (C=O) groups excluding carboxylic acids is 1. The fraction of sp³-hybridized carbons (Fsp3) is 0.417. The van der Waals surface area contributed by atoms with E-state index in [9.17, 15) is 9.59 Å². The number of carbonyl (C=O) groups is 2. The summed E-state index contributed by atoms with van der Waals surface area (Å²) < 4.78 is 0. The highest BCUT2D eigenvalue weighted by atomic mass is 16.4. The molecule has 0 aliphatic carbocycles. The largest absolute Gasteiger partial charge is 0.478 e. The van der Waals surface area contributed by atoms with Gasteiger partial charge in [0.15, 0.2) is 0 Å². The number of nitrogens with zero attached hydrogens (tertiary/aromatic N) is 2. The fourth-order valence-electron chi connectivity index (χ4n) is 2.00. The summed E-state index contributed by atoms with van der Waals surface area (Å²) >= 11 is 0. The summed E-state index contributed by atoms with van der Waals surface area (Å²) in [4.78, 5) is 28.4. The molecule has 1 aliphatic rings. The van der Waals surface area contributed by atoms with Crippen molar-refractivity contribution in [2.24, 2.45) is 0 Å². The average molecular weight is 249 g/mol. The third-order valence-electron chi connectivity index (χ3n) is 3.07. The van der Waals surface area contributed by atoms with Crippen LogP contribution in [0.3, 0.4) is 0 Å². The Morgan fingerprint density at radius 1 is 1.56 bits per heavy atom. The second-order valence-electron chi connectivity index (χ2n) is 4.38. The molecule has 2 rings (SSSR count). The highest BCUT2D eigenvalue weighted by molar-refractivity contribution is 5.89. The Labute approximate surface area is 105 Å². The monoisotopic (exact) mass is 249 g/mol. The van der Waals surface area contributed by atoms with Crippen LogP contribution in [-0.4, -0.2) is 46.5 Å². The number of anilines is 1. The Balaban J connectivity index is 2.14. The van der Waals surface area contributed by atoms with E-state index in [4.69, 9.17) is 5.11 Å². The Hall–Kier alpha value is -2.11. The molecule has 0 saturated carbocycles. The first-order chi connectivity index (χ1) is 8.49. The first-order valence-electron chi connectivity index (χ1n) is 5.71. The molecular weight excluding hydrogens is 234 g/mol. The second-order valence-corrected chi connectivity index (χ2v) is 4.38. The number of carboxylic acid groups (broad SMARTS) is 1. The minimum Gasteiger partial charge on any atom is -0.478 e. The molecule has 1 saturated heterocycles. The molecule has 18 heavy (non-hydrogen) atoms. The van der Waals surface area contributed by atoms with Crippen LogP contribution >= 0.6 is 0 Å². The van der Waals surface area contributed by atoms with Gasteiger partial charge in [0, 0.05) is 13.6 Å². The van der Waals surface area contributed by atoms with Gasteiger partial charge in [0.1, 0.15) is 11.9 Å². The van der Waals surface area contributed by atoms with Crippen LogP contribution in [0.25, 0.3) is 0 Å². The lowest BCUT2D eigenvalue weighted by Crippen LogP contribution is -2.31. The number of likely N-dealkylation sites (tertiary alicyclic amines) is 1. The van der Waals surface area contributed by atoms with E-state index in [0.717, 1.165) is 13.0 Å². The smallest absolute Gasteiger partial charge is 0.337 e. The van der Waals surface area contributed by atoms with Crippen molar-refractivity contribution in [3.05, 3.63) is 23.4 Å². The van der Waals surface area contributed by atoms with Gasteiger partial charge in [-0.05, 0) is 25.5 Å². The molecular formula is C12H15N3O3. The fourth-order valence-corrected chi connectivity index (χ4v) is 2.00. The molecule has 1 amide bonds. The van der Waals surface area contributed by atoms with Gasteiger partial charge in [0.2, 0.25) is 5.91 Å². The molecule has 1 atom stereocenters. The highest BCUT2D eigenvalue weighted by Gasteiger charge is 2.29. The van der Waals surface area contributed by atoms with E-state index in [1.165, 1.54) is 6.07 Å². The molecule has 6 heteroatoms. The maximum atomic E-state index is 11.7. The van der Waals surface area contributed by atoms with Gasteiger partial charge in [-0.3, -0.25) is 4.79 Å². The predicted octanol–water partition coefficient (Wildman–Crippen LogP) is 0.731. The quantitative estimate of drug-likeness (QED) is 0.825. The molecule has 1 aromatic heterocycles. The van der Waals surface area contributed by atoms with Crippen molar-refractivity contribution < 1.29 is 14.7 Å². The van der Waals surface area contributed by atoms with Crippen LogP contribution in [0, 0.1) is 6.92 Å². The molecule has 0 spiro atoms. The van der Waals surface area contributed by atoms with Gasteiger partial charge in [0.05, 0.1) is 11.3 Å². The molecule has 0 radical (unpaired) electrons. The van der Waals surface area contributed by atoms with Crippen molar-refractivity contribution in [3.8, 4) is 0 Å². The maximum absolute atomic E-state index is 11.7. The number of aromatic nitrogens is 1. The van der Waals surface area contributed by atoms with E-state index >= 15 is 0 Å². The summed E-state index contributed by atoms with van der Waals surface area (Å²) in [5.41, 5.74) is 0.613. The lowest BCUT2D eigenvalue weighted by Gasteiger charge is -2.13. The zero-order chi connectivity index (χ0) is 13.3. The zero-order valence-corrected chi connectivity index (χ0v) is 10.3. The Morgan fingerprint density at radius 3 is 2.78 bits per heavy atom. The summed E-state index contributed by atoms with van der Waals surface area (Å²) in [6.07, 6.45) is 0.733. The Morgan fingerprint density at radius 2 is 2.28 bits per heavy atom. The van der Waals surface area contributed by atoms with Gasteiger partial charge in [-0.15, -0.1) is 0 Å². The summed E-state index contributed by atoms with van der Waals surface area (Å²) in [6.45, 7) is 2.36. The number of likely N-dealkylation sites (N-methyl/N-ethyl adjacent to an activating group) is 1. The minimum atomic E-state index is -0.997. The lowest BCUT2D eigenvalue weighted by atomic mass is 10.2. The van der Waals surface area contributed by atoms with Crippen molar-refractivity contribution >= 4 is 17.7 Å². The average Bonchev–Trinajstić information content (AvgIpc) is 2.61. The molecule has 1 unspecified atom stereocenters. The normalized spacial score (nSPS) is 19.1. The molecule has 1 aromatic rings. The summed E-state index contributed by atoms with van der Waals surface area (Å²) in [6, 6.07) is 2.82. The van der Waals surface area contributed by atoms with Crippen LogP contribution in [-0.2, 0) is 4.79 Å². The van der Waals surface area contributed by atoms with E-state index < -0.39 is 5.97 Å². The van der Waals surface area contributed by atoms with E-state index in [2.05, 4.69) is 10.3 Å².